The molecule has 0 aliphatic heterocycles. The molecular weight excluding hydrogens is 468 g/mol. The second-order valence-corrected chi connectivity index (χ2v) is 7.06. The molecule has 0 atom stereocenters. The topological polar surface area (TPSA) is 98.4 Å². The van der Waals surface area contributed by atoms with Gasteiger partial charge in [0, 0.05) is 23.7 Å². The maximum absolute atomic E-state index is 12.9. The molecule has 0 saturated heterocycles. The number of nitriles is 1. The van der Waals surface area contributed by atoms with Gasteiger partial charge in [0.05, 0.1) is 23.9 Å². The predicted octanol–water partition coefficient (Wildman–Crippen LogP) is 5.93. The molecule has 0 unspecified atom stereocenters. The number of aromatic hydroxyl groups is 1. The summed E-state index contributed by atoms with van der Waals surface area (Å²) in [6.45, 7) is 1.93. The lowest BCUT2D eigenvalue weighted by Crippen LogP contribution is -2.23. The van der Waals surface area contributed by atoms with Crippen LogP contribution in [0.2, 0.25) is 0 Å². The van der Waals surface area contributed by atoms with Gasteiger partial charge in [-0.25, -0.2) is 0 Å². The molecule has 0 fully saturated rings. The van der Waals surface area contributed by atoms with Crippen molar-refractivity contribution in [3.05, 3.63) is 47.0 Å². The summed E-state index contributed by atoms with van der Waals surface area (Å²) in [7, 11) is 0. The van der Waals surface area contributed by atoms with E-state index in [2.05, 4.69) is 10.1 Å². The van der Waals surface area contributed by atoms with Crippen LogP contribution in [-0.2, 0) is 6.42 Å². The van der Waals surface area contributed by atoms with Gasteiger partial charge in [0.25, 0.3) is 0 Å². The van der Waals surface area contributed by atoms with E-state index in [1.54, 1.807) is 13.0 Å². The zero-order chi connectivity index (χ0) is 25.5. The Morgan fingerprint density at radius 2 is 1.82 bits per heavy atom. The van der Waals surface area contributed by atoms with E-state index >= 15 is 0 Å². The van der Waals surface area contributed by atoms with Crippen molar-refractivity contribution >= 4 is 11.4 Å². The van der Waals surface area contributed by atoms with Crippen LogP contribution in [0, 0.1) is 16.7 Å². The fourth-order valence-electron chi connectivity index (χ4n) is 3.02. The average molecular weight is 489 g/mol. The first-order chi connectivity index (χ1) is 15.9. The maximum atomic E-state index is 12.9. The van der Waals surface area contributed by atoms with Crippen LogP contribution in [0.3, 0.4) is 0 Å². The van der Waals surface area contributed by atoms with Crippen molar-refractivity contribution in [2.75, 3.05) is 18.5 Å². The largest absolute Gasteiger partial charge is 0.573 e. The summed E-state index contributed by atoms with van der Waals surface area (Å²) >= 11 is 0. The molecule has 0 spiro atoms. The van der Waals surface area contributed by atoms with E-state index in [1.807, 2.05) is 0 Å². The fraction of sp³-hybridized carbons (Fsp3) is 0.364. The Bertz CT molecular complexity index is 1060. The lowest BCUT2D eigenvalue weighted by molar-refractivity contribution is -0.274. The van der Waals surface area contributed by atoms with Crippen molar-refractivity contribution in [3.63, 3.8) is 0 Å². The minimum atomic E-state index is -4.94. The molecule has 0 aliphatic carbocycles. The molecule has 2 rings (SSSR count). The van der Waals surface area contributed by atoms with Gasteiger partial charge in [-0.3, -0.25) is 5.41 Å². The van der Waals surface area contributed by atoms with Gasteiger partial charge in [0.1, 0.15) is 17.2 Å². The smallest absolute Gasteiger partial charge is 0.507 e. The van der Waals surface area contributed by atoms with Gasteiger partial charge in [-0.05, 0) is 37.1 Å². The number of hydrogen-bond acceptors (Lipinski definition) is 6. The number of hydrogen-bond donors (Lipinski definition) is 3. The molecule has 6 nitrogen and oxygen atoms in total. The summed E-state index contributed by atoms with van der Waals surface area (Å²) in [5, 5.41) is 29.2. The highest BCUT2D eigenvalue weighted by Gasteiger charge is 2.37. The van der Waals surface area contributed by atoms with Gasteiger partial charge in [-0.15, -0.1) is 13.2 Å². The quantitative estimate of drug-likeness (QED) is 0.218. The van der Waals surface area contributed by atoms with Crippen LogP contribution in [0.1, 0.15) is 36.5 Å². The zero-order valence-corrected chi connectivity index (χ0v) is 17.9. The number of anilines is 1. The van der Waals surface area contributed by atoms with Crippen LogP contribution in [0.4, 0.5) is 32.0 Å². The van der Waals surface area contributed by atoms with Crippen molar-refractivity contribution in [2.45, 2.75) is 38.7 Å². The van der Waals surface area contributed by atoms with Gasteiger partial charge in [0.2, 0.25) is 0 Å². The van der Waals surface area contributed by atoms with Crippen molar-refractivity contribution in [1.82, 2.24) is 0 Å². The lowest BCUT2D eigenvalue weighted by atomic mass is 10.00. The highest BCUT2D eigenvalue weighted by molar-refractivity contribution is 6.04. The van der Waals surface area contributed by atoms with E-state index in [9.17, 15) is 31.4 Å². The van der Waals surface area contributed by atoms with E-state index in [0.29, 0.717) is 6.42 Å². The van der Waals surface area contributed by atoms with Crippen molar-refractivity contribution < 1.29 is 40.9 Å². The lowest BCUT2D eigenvalue weighted by Gasteiger charge is -2.17. The van der Waals surface area contributed by atoms with Crippen LogP contribution >= 0.6 is 0 Å². The third-order valence-electron chi connectivity index (χ3n) is 4.52. The standard InChI is InChI=1S/C22H21F6N3O3/c1-2-4-14-17(8-6-15(19(14)32)20(30)21(23,24)25)33-10-3-9-31-16-7-5-13(12-29)11-18(16)34-22(26,27)28/h5-8,11,30-32H,2-4,9-10H2,1H3. The second kappa shape index (κ2) is 11.0. The number of nitrogens with zero attached hydrogens (tertiary/aromatic N) is 1. The Kier molecular flexibility index (Phi) is 8.62. The number of halogens is 6. The van der Waals surface area contributed by atoms with Crippen molar-refractivity contribution in [1.29, 1.82) is 10.7 Å². The van der Waals surface area contributed by atoms with E-state index in [1.165, 1.54) is 18.2 Å². The van der Waals surface area contributed by atoms with Crippen LogP contribution in [0.25, 0.3) is 0 Å². The van der Waals surface area contributed by atoms with Gasteiger partial charge < -0.3 is 19.9 Å². The Morgan fingerprint density at radius 1 is 1.12 bits per heavy atom. The first-order valence-electron chi connectivity index (χ1n) is 10.0. The molecule has 12 heteroatoms. The van der Waals surface area contributed by atoms with Gasteiger partial charge in [-0.1, -0.05) is 13.3 Å². The van der Waals surface area contributed by atoms with Crippen LogP contribution in [0.15, 0.2) is 30.3 Å². The first kappa shape index (κ1) is 26.6. The molecule has 0 aliphatic rings. The second-order valence-electron chi connectivity index (χ2n) is 7.06. The molecule has 184 valence electrons. The predicted molar refractivity (Wildman–Crippen MR) is 111 cm³/mol. The fourth-order valence-corrected chi connectivity index (χ4v) is 3.02. The third-order valence-corrected chi connectivity index (χ3v) is 4.52. The van der Waals surface area contributed by atoms with Crippen molar-refractivity contribution in [3.8, 4) is 23.3 Å². The molecule has 2 aromatic rings. The molecule has 0 amide bonds. The molecule has 0 bridgehead atoms. The number of phenols is 1. The molecule has 0 heterocycles. The highest BCUT2D eigenvalue weighted by Crippen LogP contribution is 2.36. The van der Waals surface area contributed by atoms with E-state index in [0.717, 1.165) is 12.1 Å². The SMILES string of the molecule is CCCc1c(OCCCNc2ccc(C#N)cc2OC(F)(F)F)ccc(C(=N)C(F)(F)F)c1O. The summed E-state index contributed by atoms with van der Waals surface area (Å²) in [4.78, 5) is 0. The molecule has 34 heavy (non-hydrogen) atoms. The molecular formula is C22H21F6N3O3. The van der Waals surface area contributed by atoms with Crippen LogP contribution in [0.5, 0.6) is 17.2 Å². The number of benzene rings is 2. The van der Waals surface area contributed by atoms with Gasteiger partial charge in [-0.2, -0.15) is 18.4 Å². The zero-order valence-electron chi connectivity index (χ0n) is 17.9. The van der Waals surface area contributed by atoms with Crippen LogP contribution in [-0.4, -0.2) is 36.5 Å². The Balaban J connectivity index is 2.05. The number of ether oxygens (including phenoxy) is 2. The Morgan fingerprint density at radius 3 is 2.41 bits per heavy atom. The minimum absolute atomic E-state index is 0.00987. The van der Waals surface area contributed by atoms with Gasteiger partial charge in [0.15, 0.2) is 5.75 Å². The monoisotopic (exact) mass is 489 g/mol. The third kappa shape index (κ3) is 7.19. The number of nitrogens with one attached hydrogen (secondary N) is 2. The van der Waals surface area contributed by atoms with E-state index in [4.69, 9.17) is 15.4 Å². The number of phenolic OH excluding ortho intramolecular Hbond substituents is 1. The number of alkyl halides is 6. The highest BCUT2D eigenvalue weighted by atomic mass is 19.4. The summed E-state index contributed by atoms with van der Waals surface area (Å²) in [5.41, 5.74) is -2.19. The molecule has 0 saturated carbocycles. The number of rotatable bonds is 10. The molecule has 0 aromatic heterocycles. The summed E-state index contributed by atoms with van der Waals surface area (Å²) in [5.74, 6) is -1.09. The molecule has 3 N–H and O–H groups in total. The Hall–Kier alpha value is -3.62. The van der Waals surface area contributed by atoms with Crippen molar-refractivity contribution in [2.24, 2.45) is 0 Å². The van der Waals surface area contributed by atoms with E-state index < -0.39 is 35.3 Å². The summed E-state index contributed by atoms with van der Waals surface area (Å²) in [6.07, 6.45) is -8.89. The summed E-state index contributed by atoms with van der Waals surface area (Å²) in [6, 6.07) is 7.46. The average Bonchev–Trinajstić information content (AvgIpc) is 2.74. The molecule has 2 aromatic carbocycles. The normalized spacial score (nSPS) is 11.6. The summed E-state index contributed by atoms with van der Waals surface area (Å²) < 4.78 is 85.9. The Labute approximate surface area is 191 Å². The van der Waals surface area contributed by atoms with Gasteiger partial charge >= 0.3 is 12.5 Å². The van der Waals surface area contributed by atoms with Crippen LogP contribution < -0.4 is 14.8 Å². The minimum Gasteiger partial charge on any atom is -0.507 e. The molecule has 0 radical (unpaired) electrons. The first-order valence-corrected chi connectivity index (χ1v) is 10.0. The maximum Gasteiger partial charge on any atom is 0.573 e. The van der Waals surface area contributed by atoms with E-state index in [-0.39, 0.29) is 48.6 Å².